The Bertz CT molecular complexity index is 3760. The molecule has 576 valence electrons. The zero-order chi connectivity index (χ0) is 78.5. The number of nitrogens with zero attached hydrogens (tertiary/aromatic N) is 2. The lowest BCUT2D eigenvalue weighted by Crippen LogP contribution is -2.61. The van der Waals surface area contributed by atoms with Gasteiger partial charge in [0.05, 0.1) is 31.8 Å². The van der Waals surface area contributed by atoms with Crippen LogP contribution in [0, 0.1) is 23.7 Å². The molecule has 5 rings (SSSR count). The molecule has 12 amide bonds. The van der Waals surface area contributed by atoms with Gasteiger partial charge in [-0.25, -0.2) is 9.97 Å². The van der Waals surface area contributed by atoms with Gasteiger partial charge < -0.3 is 101 Å². The second kappa shape index (κ2) is 41.9. The average Bonchev–Trinajstić information content (AvgIpc) is 0.874. The van der Waals surface area contributed by atoms with Gasteiger partial charge in [0.25, 0.3) is 0 Å². The summed E-state index contributed by atoms with van der Waals surface area (Å²) in [4.78, 5) is 195. The van der Waals surface area contributed by atoms with E-state index in [1.54, 1.807) is 55.4 Å². The number of benzene rings is 3. The molecule has 2 aromatic heterocycles. The molecule has 3 aromatic carbocycles. The molecule has 0 fully saturated rings. The summed E-state index contributed by atoms with van der Waals surface area (Å²) < 4.78 is 0. The Morgan fingerprint density at radius 2 is 0.811 bits per heavy atom. The van der Waals surface area contributed by atoms with Crippen molar-refractivity contribution in [3.8, 4) is 17.2 Å². The summed E-state index contributed by atoms with van der Waals surface area (Å²) in [5.41, 5.74) is 20.1. The Morgan fingerprint density at radius 3 is 1.24 bits per heavy atom. The highest BCUT2D eigenvalue weighted by molar-refractivity contribution is 6.00. The highest BCUT2D eigenvalue weighted by atomic mass is 16.3. The highest BCUT2D eigenvalue weighted by Gasteiger charge is 2.38. The zero-order valence-electron chi connectivity index (χ0n) is 61.0. The smallest absolute Gasteiger partial charge is 0.243 e. The van der Waals surface area contributed by atoms with E-state index in [2.05, 4.69) is 78.4 Å². The number of aromatic hydroxyl groups is 3. The molecule has 0 unspecified atom stereocenters. The molecule has 0 radical (unpaired) electrons. The van der Waals surface area contributed by atoms with Crippen LogP contribution in [0.15, 0.2) is 97.8 Å². The number of nitrogens with two attached hydrogens (primary N) is 3. The molecule has 0 saturated heterocycles. The number of carbonyl (C=O) groups is 13. The van der Waals surface area contributed by atoms with Gasteiger partial charge in [0.2, 0.25) is 70.9 Å². The number of amides is 12. The van der Waals surface area contributed by atoms with Crippen LogP contribution in [0.4, 0.5) is 0 Å². The van der Waals surface area contributed by atoms with E-state index < -0.39 is 180 Å². The molecule has 0 spiro atoms. The van der Waals surface area contributed by atoms with Gasteiger partial charge in [0.1, 0.15) is 83.5 Å². The number of ketones is 1. The summed E-state index contributed by atoms with van der Waals surface area (Å²) >= 11 is 0. The first-order valence-electron chi connectivity index (χ1n) is 35.0. The monoisotopic (exact) mass is 1470 g/mol. The van der Waals surface area contributed by atoms with Crippen molar-refractivity contribution in [3.63, 3.8) is 0 Å². The first-order chi connectivity index (χ1) is 50.2. The number of carbonyl (C=O) groups excluding carboxylic acids is 13. The number of hydrogen-bond acceptors (Lipinski definition) is 20. The molecule has 5 aromatic rings. The first kappa shape index (κ1) is 85.4. The highest BCUT2D eigenvalue weighted by Crippen LogP contribution is 2.19. The molecule has 0 aliphatic rings. The number of imidazole rings is 2. The lowest BCUT2D eigenvalue weighted by molar-refractivity contribution is -0.137. The number of Topliss-reactive ketones (excluding diaryl/α,β-unsaturated/α-hetero) is 1. The second-order valence-corrected chi connectivity index (χ2v) is 27.1. The van der Waals surface area contributed by atoms with Gasteiger partial charge in [-0.3, -0.25) is 62.3 Å². The molecule has 34 heteroatoms. The Kier molecular flexibility index (Phi) is 33.7. The van der Waals surface area contributed by atoms with Gasteiger partial charge in [-0.15, -0.1) is 0 Å². The molecule has 13 atom stereocenters. The van der Waals surface area contributed by atoms with Crippen molar-refractivity contribution in [1.82, 2.24) is 78.4 Å². The third-order valence-electron chi connectivity index (χ3n) is 17.7. The summed E-state index contributed by atoms with van der Waals surface area (Å²) in [5, 5.41) is 58.6. The predicted molar refractivity (Wildman–Crippen MR) is 387 cm³/mol. The minimum absolute atomic E-state index is 0.0148. The Hall–Kier alpha value is -11.3. The lowest BCUT2D eigenvalue weighted by atomic mass is 9.96. The second-order valence-electron chi connectivity index (χ2n) is 27.1. The van der Waals surface area contributed by atoms with Crippen LogP contribution in [-0.4, -0.2) is 191 Å². The SMILES string of the molecule is CC[C@H](C)[C@H](NC(=O)[C@H](Cc1ccc(O)cc1)NC(=O)[C@H](CC(=O)CN)NC(=O)[C@@H](NC(=O)[C@H](C)NC(=O)CNC(=O)[C@H](CC(C)C)NC(=O)[C@H](Cc1ccc(O)cc1)NC(=O)[C@@H](NC(=O)[C@H](Cc1cnc[nH]1)NC(=O)[C@@H](N)Cc1cnc[nH]1)[C@@H](C)CC)C(C)C)C(=O)N[C@@H](Cc1ccc(O)cc1)C(N)=O. The Labute approximate surface area is 614 Å². The van der Waals surface area contributed by atoms with Crippen LogP contribution in [0.2, 0.25) is 0 Å². The third kappa shape index (κ3) is 27.7. The van der Waals surface area contributed by atoms with Crippen LogP contribution in [0.25, 0.3) is 0 Å². The van der Waals surface area contributed by atoms with E-state index in [1.807, 2.05) is 0 Å². The number of nitrogens with one attached hydrogen (secondary N) is 13. The predicted octanol–water partition coefficient (Wildman–Crippen LogP) is -1.73. The summed E-state index contributed by atoms with van der Waals surface area (Å²) in [6, 6.07) is 2.13. The van der Waals surface area contributed by atoms with Gasteiger partial charge in [-0.05, 0) is 90.1 Å². The number of phenolic OH excluding ortho intramolecular Hbond substituents is 3. The van der Waals surface area contributed by atoms with Crippen LogP contribution in [-0.2, 0) is 94.4 Å². The quantitative estimate of drug-likeness (QED) is 0.0206. The van der Waals surface area contributed by atoms with Crippen molar-refractivity contribution in [2.75, 3.05) is 13.1 Å². The molecule has 0 aliphatic carbocycles. The van der Waals surface area contributed by atoms with E-state index in [4.69, 9.17) is 17.2 Å². The van der Waals surface area contributed by atoms with Gasteiger partial charge in [0, 0.05) is 62.3 Å². The molecular weight excluding hydrogens is 1370 g/mol. The van der Waals surface area contributed by atoms with Crippen molar-refractivity contribution in [2.24, 2.45) is 40.9 Å². The van der Waals surface area contributed by atoms with Crippen molar-refractivity contribution in [2.45, 2.75) is 187 Å². The first-order valence-corrected chi connectivity index (χ1v) is 35.0. The van der Waals surface area contributed by atoms with Crippen LogP contribution in [0.3, 0.4) is 0 Å². The van der Waals surface area contributed by atoms with E-state index in [1.165, 1.54) is 105 Å². The number of aromatic nitrogens is 4. The van der Waals surface area contributed by atoms with Crippen LogP contribution in [0.5, 0.6) is 17.2 Å². The van der Waals surface area contributed by atoms with Gasteiger partial charge in [0.15, 0.2) is 0 Å². The average molecular weight is 1480 g/mol. The zero-order valence-corrected chi connectivity index (χ0v) is 61.0. The fourth-order valence-electron chi connectivity index (χ4n) is 11.0. The molecule has 0 aliphatic heterocycles. The summed E-state index contributed by atoms with van der Waals surface area (Å²) in [7, 11) is 0. The van der Waals surface area contributed by atoms with Crippen LogP contribution in [0.1, 0.15) is 116 Å². The van der Waals surface area contributed by atoms with E-state index in [0.29, 0.717) is 40.9 Å². The number of hydrogen-bond donors (Lipinski definition) is 19. The van der Waals surface area contributed by atoms with Gasteiger partial charge >= 0.3 is 0 Å². The summed E-state index contributed by atoms with van der Waals surface area (Å²) in [5.74, 6) is -13.4. The molecule has 22 N–H and O–H groups in total. The van der Waals surface area contributed by atoms with Crippen molar-refractivity contribution < 1.29 is 77.6 Å². The number of primary amides is 1. The minimum Gasteiger partial charge on any atom is -0.508 e. The molecular formula is C72H102N18O16. The maximum absolute atomic E-state index is 14.6. The fourth-order valence-corrected chi connectivity index (χ4v) is 11.0. The van der Waals surface area contributed by atoms with Crippen LogP contribution < -0.4 is 75.7 Å². The largest absolute Gasteiger partial charge is 0.508 e. The van der Waals surface area contributed by atoms with E-state index in [9.17, 15) is 77.6 Å². The molecule has 106 heavy (non-hydrogen) atoms. The molecule has 34 nitrogen and oxygen atoms in total. The van der Waals surface area contributed by atoms with Gasteiger partial charge in [-0.1, -0.05) is 105 Å². The third-order valence-corrected chi connectivity index (χ3v) is 17.7. The minimum atomic E-state index is -1.73. The van der Waals surface area contributed by atoms with Crippen molar-refractivity contribution in [3.05, 3.63) is 126 Å². The molecule has 2 heterocycles. The maximum Gasteiger partial charge on any atom is 0.243 e. The van der Waals surface area contributed by atoms with Gasteiger partial charge in [-0.2, -0.15) is 0 Å². The summed E-state index contributed by atoms with van der Waals surface area (Å²) in [6.45, 7) is 13.5. The Balaban J connectivity index is 1.27. The molecule has 0 saturated carbocycles. The normalized spacial score (nSPS) is 14.9. The van der Waals surface area contributed by atoms with Crippen molar-refractivity contribution >= 4 is 76.7 Å². The number of phenols is 3. The summed E-state index contributed by atoms with van der Waals surface area (Å²) in [6.07, 6.45) is 5.26. The van der Waals surface area contributed by atoms with E-state index in [-0.39, 0.29) is 61.7 Å². The number of rotatable bonds is 43. The number of H-pyrrole nitrogens is 2. The molecule has 0 bridgehead atoms. The van der Waals surface area contributed by atoms with E-state index >= 15 is 0 Å². The number of aromatic amines is 2. The maximum atomic E-state index is 14.6. The van der Waals surface area contributed by atoms with Crippen molar-refractivity contribution in [1.29, 1.82) is 0 Å². The standard InChI is InChI=1S/C72H102N18O16/c1-10-39(7)60(71(105)82-52(62(75)96)25-42-12-18-47(91)19-13-42)89-68(102)55(27-44-16-22-49(93)23-17-44)85-67(101)57(30-50(94)31-73)87-70(104)59(38(5)6)88-63(97)41(9)81-58(95)34-78-65(99)53(24-37(3)4)84-66(100)54(26-43-14-20-48(92)21-15-43)86-72(106)61(40(8)11-2)90-69(103)56(29-46-33-77-36-80-46)83-64(98)51(74)28-45-32-76-35-79-45/h12-23,32-33,35-41,51-57,59-61,91-93H,10-11,24-31,34,73-74H2,1-9H3,(H2,75,96)(H,76,79)(H,77,80)(H,78,99)(H,81,95)(H,82,105)(H,83,98)(H,84,100)(H,85,101)(H,86,106)(H,87,104)(H,88,97)(H,89,102)(H,90,103)/t39-,40-,41-,51-,52-,53-,54-,55-,56-,57-,59-,60-,61-/m0/s1. The van der Waals surface area contributed by atoms with Crippen LogP contribution >= 0.6 is 0 Å². The lowest BCUT2D eigenvalue weighted by Gasteiger charge is -2.29. The van der Waals surface area contributed by atoms with E-state index in [0.717, 1.165) is 0 Å². The Morgan fingerprint density at radius 1 is 0.434 bits per heavy atom. The topological polar surface area (TPSA) is 550 Å². The fraction of sp³-hybridized carbons (Fsp3) is 0.486.